The number of esters is 2. The zero-order valence-electron chi connectivity index (χ0n) is 16.9. The fourth-order valence-electron chi connectivity index (χ4n) is 3.34. The van der Waals surface area contributed by atoms with E-state index in [-0.39, 0.29) is 0 Å². The third-order valence-electron chi connectivity index (χ3n) is 5.08. The van der Waals surface area contributed by atoms with Crippen LogP contribution in [0.5, 0.6) is 0 Å². The Balaban J connectivity index is 2.45. The van der Waals surface area contributed by atoms with Gasteiger partial charge >= 0.3 is 11.9 Å². The SMILES string of the molecule is CCCCCCOC(=O)C(CC1CCNCC1)C(=O)OCCCCCC. The summed E-state index contributed by atoms with van der Waals surface area (Å²) in [6.45, 7) is 7.02. The predicted molar refractivity (Wildman–Crippen MR) is 104 cm³/mol. The van der Waals surface area contributed by atoms with Gasteiger partial charge in [0.1, 0.15) is 0 Å². The Labute approximate surface area is 159 Å². The zero-order valence-corrected chi connectivity index (χ0v) is 16.9. The molecule has 1 aliphatic heterocycles. The van der Waals surface area contributed by atoms with E-state index < -0.39 is 17.9 Å². The summed E-state index contributed by atoms with van der Waals surface area (Å²) >= 11 is 0. The van der Waals surface area contributed by atoms with Crippen molar-refractivity contribution in [2.45, 2.75) is 84.5 Å². The lowest BCUT2D eigenvalue weighted by Crippen LogP contribution is -2.34. The summed E-state index contributed by atoms with van der Waals surface area (Å²) in [5.41, 5.74) is 0. The van der Waals surface area contributed by atoms with Crippen molar-refractivity contribution >= 4 is 11.9 Å². The average Bonchev–Trinajstić information content (AvgIpc) is 2.66. The molecule has 0 bridgehead atoms. The van der Waals surface area contributed by atoms with Crippen LogP contribution in [0.1, 0.15) is 84.5 Å². The molecule has 0 amide bonds. The van der Waals surface area contributed by atoms with E-state index in [0.717, 1.165) is 77.3 Å². The molecule has 1 aliphatic rings. The maximum absolute atomic E-state index is 12.5. The van der Waals surface area contributed by atoms with Gasteiger partial charge in [-0.05, 0) is 51.1 Å². The van der Waals surface area contributed by atoms with Crippen LogP contribution in [0.15, 0.2) is 0 Å². The van der Waals surface area contributed by atoms with Crippen LogP contribution >= 0.6 is 0 Å². The first-order chi connectivity index (χ1) is 12.7. The quantitative estimate of drug-likeness (QED) is 0.282. The molecule has 26 heavy (non-hydrogen) atoms. The maximum Gasteiger partial charge on any atom is 0.320 e. The number of carbonyl (C=O) groups is 2. The molecular weight excluding hydrogens is 330 g/mol. The average molecular weight is 370 g/mol. The molecule has 1 heterocycles. The lowest BCUT2D eigenvalue weighted by atomic mass is 9.87. The third kappa shape index (κ3) is 10.1. The van der Waals surface area contributed by atoms with E-state index in [9.17, 15) is 9.59 Å². The molecule has 0 unspecified atom stereocenters. The fourth-order valence-corrected chi connectivity index (χ4v) is 3.34. The van der Waals surface area contributed by atoms with Gasteiger partial charge in [0.05, 0.1) is 13.2 Å². The molecule has 0 aromatic rings. The molecule has 0 radical (unpaired) electrons. The molecular formula is C21H39NO4. The number of unbranched alkanes of at least 4 members (excludes halogenated alkanes) is 6. The van der Waals surface area contributed by atoms with E-state index in [1.54, 1.807) is 0 Å². The van der Waals surface area contributed by atoms with E-state index in [1.807, 2.05) is 0 Å². The van der Waals surface area contributed by atoms with Crippen molar-refractivity contribution in [2.24, 2.45) is 11.8 Å². The van der Waals surface area contributed by atoms with Crippen LogP contribution in [0.3, 0.4) is 0 Å². The Morgan fingerprint density at radius 2 is 1.35 bits per heavy atom. The van der Waals surface area contributed by atoms with Crippen LogP contribution in [0.2, 0.25) is 0 Å². The lowest BCUT2D eigenvalue weighted by Gasteiger charge is -2.25. The van der Waals surface area contributed by atoms with Crippen molar-refractivity contribution < 1.29 is 19.1 Å². The maximum atomic E-state index is 12.5. The summed E-state index contributed by atoms with van der Waals surface area (Å²) in [4.78, 5) is 25.0. The third-order valence-corrected chi connectivity index (χ3v) is 5.08. The van der Waals surface area contributed by atoms with Gasteiger partial charge in [0.2, 0.25) is 0 Å². The van der Waals surface area contributed by atoms with Gasteiger partial charge in [-0.25, -0.2) is 0 Å². The van der Waals surface area contributed by atoms with Crippen molar-refractivity contribution in [1.29, 1.82) is 0 Å². The first kappa shape index (κ1) is 22.9. The molecule has 0 aromatic heterocycles. The number of piperidine rings is 1. The molecule has 5 heteroatoms. The molecule has 1 N–H and O–H groups in total. The van der Waals surface area contributed by atoms with Crippen LogP contribution in [-0.2, 0) is 19.1 Å². The highest BCUT2D eigenvalue weighted by Gasteiger charge is 2.32. The monoisotopic (exact) mass is 369 g/mol. The number of nitrogens with one attached hydrogen (secondary N) is 1. The smallest absolute Gasteiger partial charge is 0.320 e. The minimum absolute atomic E-state index is 0.390. The van der Waals surface area contributed by atoms with E-state index in [4.69, 9.17) is 9.47 Å². The van der Waals surface area contributed by atoms with E-state index in [0.29, 0.717) is 25.6 Å². The fraction of sp³-hybridized carbons (Fsp3) is 0.905. The van der Waals surface area contributed by atoms with Crippen LogP contribution in [0.25, 0.3) is 0 Å². The topological polar surface area (TPSA) is 64.6 Å². The van der Waals surface area contributed by atoms with Crippen LogP contribution < -0.4 is 5.32 Å². The van der Waals surface area contributed by atoms with Gasteiger partial charge in [-0.3, -0.25) is 9.59 Å². The molecule has 1 fully saturated rings. The van der Waals surface area contributed by atoms with Crippen LogP contribution in [-0.4, -0.2) is 38.2 Å². The van der Waals surface area contributed by atoms with Crippen molar-refractivity contribution in [1.82, 2.24) is 5.32 Å². The molecule has 152 valence electrons. The highest BCUT2D eigenvalue weighted by molar-refractivity contribution is 5.94. The summed E-state index contributed by atoms with van der Waals surface area (Å²) in [6, 6.07) is 0. The van der Waals surface area contributed by atoms with Gasteiger partial charge in [-0.1, -0.05) is 52.4 Å². The van der Waals surface area contributed by atoms with Crippen LogP contribution in [0.4, 0.5) is 0 Å². The van der Waals surface area contributed by atoms with Gasteiger partial charge in [-0.15, -0.1) is 0 Å². The minimum Gasteiger partial charge on any atom is -0.465 e. The Bertz CT molecular complexity index is 354. The molecule has 5 nitrogen and oxygen atoms in total. The molecule has 0 spiro atoms. The van der Waals surface area contributed by atoms with Crippen molar-refractivity contribution in [3.8, 4) is 0 Å². The van der Waals surface area contributed by atoms with Crippen molar-refractivity contribution in [2.75, 3.05) is 26.3 Å². The largest absolute Gasteiger partial charge is 0.465 e. The molecule has 1 rings (SSSR count). The summed E-state index contributed by atoms with van der Waals surface area (Å²) in [6.07, 6.45) is 11.0. The van der Waals surface area contributed by atoms with E-state index in [1.165, 1.54) is 0 Å². The highest BCUT2D eigenvalue weighted by Crippen LogP contribution is 2.23. The summed E-state index contributed by atoms with van der Waals surface area (Å²) < 4.78 is 10.8. The molecule has 0 atom stereocenters. The molecule has 0 aromatic carbocycles. The number of hydrogen-bond acceptors (Lipinski definition) is 5. The second-order valence-electron chi connectivity index (χ2n) is 7.44. The Morgan fingerprint density at radius 3 is 1.81 bits per heavy atom. The van der Waals surface area contributed by atoms with E-state index >= 15 is 0 Å². The number of ether oxygens (including phenoxy) is 2. The second kappa shape index (κ2) is 15.0. The van der Waals surface area contributed by atoms with Gasteiger partial charge in [0, 0.05) is 0 Å². The predicted octanol–water partition coefficient (Wildman–Crippen LogP) is 4.24. The Hall–Kier alpha value is -1.10. The standard InChI is InChI=1S/C21H39NO4/c1-3-5-7-9-15-25-20(23)19(17-18-11-13-22-14-12-18)21(24)26-16-10-8-6-4-2/h18-19,22H,3-17H2,1-2H3. The van der Waals surface area contributed by atoms with Crippen LogP contribution in [0, 0.1) is 11.8 Å². The van der Waals surface area contributed by atoms with E-state index in [2.05, 4.69) is 19.2 Å². The summed E-state index contributed by atoms with van der Waals surface area (Å²) in [5.74, 6) is -1.14. The second-order valence-corrected chi connectivity index (χ2v) is 7.44. The zero-order chi connectivity index (χ0) is 19.0. The normalized spacial score (nSPS) is 15.2. The highest BCUT2D eigenvalue weighted by atomic mass is 16.6. The molecule has 0 aliphatic carbocycles. The number of carbonyl (C=O) groups excluding carboxylic acids is 2. The Kier molecular flexibility index (Phi) is 13.2. The number of hydrogen-bond donors (Lipinski definition) is 1. The molecule has 1 saturated heterocycles. The summed E-state index contributed by atoms with van der Waals surface area (Å²) in [7, 11) is 0. The van der Waals surface area contributed by atoms with Gasteiger partial charge in [0.15, 0.2) is 5.92 Å². The van der Waals surface area contributed by atoms with Gasteiger partial charge in [-0.2, -0.15) is 0 Å². The first-order valence-corrected chi connectivity index (χ1v) is 10.7. The molecule has 0 saturated carbocycles. The number of rotatable bonds is 14. The summed E-state index contributed by atoms with van der Waals surface area (Å²) in [5, 5.41) is 3.32. The lowest BCUT2D eigenvalue weighted by molar-refractivity contribution is -0.163. The van der Waals surface area contributed by atoms with Crippen molar-refractivity contribution in [3.63, 3.8) is 0 Å². The Morgan fingerprint density at radius 1 is 0.846 bits per heavy atom. The van der Waals surface area contributed by atoms with Gasteiger partial charge in [0.25, 0.3) is 0 Å². The minimum atomic E-state index is -0.754. The van der Waals surface area contributed by atoms with Gasteiger partial charge < -0.3 is 14.8 Å². The first-order valence-electron chi connectivity index (χ1n) is 10.7. The van der Waals surface area contributed by atoms with Crippen molar-refractivity contribution in [3.05, 3.63) is 0 Å².